The van der Waals surface area contributed by atoms with E-state index in [4.69, 9.17) is 0 Å². The van der Waals surface area contributed by atoms with Crippen molar-refractivity contribution in [3.63, 3.8) is 0 Å². The third kappa shape index (κ3) is 3.09. The lowest BCUT2D eigenvalue weighted by Crippen LogP contribution is -2.39. The molecule has 14 heavy (non-hydrogen) atoms. The van der Waals surface area contributed by atoms with Crippen LogP contribution in [0.15, 0.2) is 0 Å². The Bertz CT molecular complexity index is 181. The van der Waals surface area contributed by atoms with E-state index in [9.17, 15) is 17.6 Å². The van der Waals surface area contributed by atoms with E-state index in [1.165, 1.54) is 0 Å². The van der Waals surface area contributed by atoms with E-state index < -0.39 is 18.5 Å². The minimum atomic E-state index is -4.32. The first kappa shape index (κ1) is 11.7. The Morgan fingerprint density at radius 1 is 1.43 bits per heavy atom. The zero-order chi connectivity index (χ0) is 10.8. The van der Waals surface area contributed by atoms with Gasteiger partial charge in [-0.05, 0) is 26.4 Å². The third-order valence-corrected chi connectivity index (χ3v) is 2.47. The van der Waals surface area contributed by atoms with Gasteiger partial charge in [0.15, 0.2) is 0 Å². The predicted octanol–water partition coefficient (Wildman–Crippen LogP) is 1.53. The van der Waals surface area contributed by atoms with Gasteiger partial charge >= 0.3 is 6.30 Å². The normalized spacial score (nSPS) is 28.7. The van der Waals surface area contributed by atoms with Crippen molar-refractivity contribution in [1.82, 2.24) is 10.2 Å². The zero-order valence-corrected chi connectivity index (χ0v) is 7.94. The second-order valence-corrected chi connectivity index (χ2v) is 3.54. The molecule has 2 nitrogen and oxygen atoms in total. The standard InChI is InChI=1S/C8H14F4N2/c1-14(8(10,11)12)5-3-7-6(9)2-4-13-7/h6-7,13H,2-5H2,1H3. The molecule has 0 aliphatic carbocycles. The Hall–Kier alpha value is -0.360. The van der Waals surface area contributed by atoms with E-state index in [1.807, 2.05) is 0 Å². The molecule has 1 saturated heterocycles. The molecule has 0 aromatic rings. The molecule has 1 aliphatic heterocycles. The highest BCUT2D eigenvalue weighted by Gasteiger charge is 2.35. The SMILES string of the molecule is CN(CCC1NCCC1F)C(F)(F)F. The van der Waals surface area contributed by atoms with Gasteiger partial charge in [-0.15, -0.1) is 0 Å². The minimum absolute atomic E-state index is 0.165. The first-order valence-electron chi connectivity index (χ1n) is 4.56. The quantitative estimate of drug-likeness (QED) is 0.566. The van der Waals surface area contributed by atoms with Gasteiger partial charge in [0.05, 0.1) is 0 Å². The number of halogens is 4. The van der Waals surface area contributed by atoms with Crippen molar-refractivity contribution >= 4 is 0 Å². The van der Waals surface area contributed by atoms with Gasteiger partial charge in [0, 0.05) is 12.6 Å². The largest absolute Gasteiger partial charge is 0.459 e. The van der Waals surface area contributed by atoms with E-state index in [1.54, 1.807) is 0 Å². The number of hydrogen-bond acceptors (Lipinski definition) is 2. The van der Waals surface area contributed by atoms with Crippen molar-refractivity contribution in [2.24, 2.45) is 0 Å². The van der Waals surface area contributed by atoms with Gasteiger partial charge in [-0.2, -0.15) is 13.2 Å². The Kier molecular flexibility index (Phi) is 3.71. The summed E-state index contributed by atoms with van der Waals surface area (Å²) in [6, 6.07) is -0.417. The summed E-state index contributed by atoms with van der Waals surface area (Å²) in [5.74, 6) is 0. The van der Waals surface area contributed by atoms with Crippen LogP contribution in [0.5, 0.6) is 0 Å². The van der Waals surface area contributed by atoms with Gasteiger partial charge in [-0.25, -0.2) is 9.29 Å². The number of nitrogens with one attached hydrogen (secondary N) is 1. The fourth-order valence-electron chi connectivity index (χ4n) is 1.48. The van der Waals surface area contributed by atoms with Crippen LogP contribution in [0.3, 0.4) is 0 Å². The Morgan fingerprint density at radius 2 is 2.07 bits per heavy atom. The van der Waals surface area contributed by atoms with Gasteiger partial charge in [-0.3, -0.25) is 0 Å². The summed E-state index contributed by atoms with van der Waals surface area (Å²) in [4.78, 5) is 0.278. The van der Waals surface area contributed by atoms with Gasteiger partial charge < -0.3 is 5.32 Å². The third-order valence-electron chi connectivity index (χ3n) is 2.47. The molecule has 0 bridgehead atoms. The molecule has 1 heterocycles. The minimum Gasteiger partial charge on any atom is -0.311 e. The van der Waals surface area contributed by atoms with Gasteiger partial charge in [0.2, 0.25) is 0 Å². The van der Waals surface area contributed by atoms with Crippen molar-refractivity contribution in [3.8, 4) is 0 Å². The molecule has 0 radical (unpaired) electrons. The van der Waals surface area contributed by atoms with Gasteiger partial charge in [0.1, 0.15) is 6.17 Å². The molecule has 0 aromatic carbocycles. The highest BCUT2D eigenvalue weighted by Crippen LogP contribution is 2.21. The van der Waals surface area contributed by atoms with E-state index in [-0.39, 0.29) is 17.9 Å². The lowest BCUT2D eigenvalue weighted by Gasteiger charge is -2.22. The highest BCUT2D eigenvalue weighted by atomic mass is 19.4. The number of rotatable bonds is 3. The summed E-state index contributed by atoms with van der Waals surface area (Å²) >= 11 is 0. The molecular formula is C8H14F4N2. The second-order valence-electron chi connectivity index (χ2n) is 3.54. The maximum absolute atomic E-state index is 13.0. The summed E-state index contributed by atoms with van der Waals surface area (Å²) in [5.41, 5.74) is 0. The predicted molar refractivity (Wildman–Crippen MR) is 44.6 cm³/mol. The summed E-state index contributed by atoms with van der Waals surface area (Å²) in [6.07, 6.45) is -4.72. The van der Waals surface area contributed by atoms with E-state index >= 15 is 0 Å². The van der Waals surface area contributed by atoms with Crippen LogP contribution in [0.25, 0.3) is 0 Å². The highest BCUT2D eigenvalue weighted by molar-refractivity contribution is 4.84. The maximum atomic E-state index is 13.0. The van der Waals surface area contributed by atoms with Crippen LogP contribution in [0.1, 0.15) is 12.8 Å². The molecule has 1 fully saturated rings. The average Bonchev–Trinajstić information content (AvgIpc) is 2.45. The molecule has 0 saturated carbocycles. The lowest BCUT2D eigenvalue weighted by atomic mass is 10.1. The maximum Gasteiger partial charge on any atom is 0.459 e. The molecule has 84 valence electrons. The van der Waals surface area contributed by atoms with Crippen LogP contribution in [-0.4, -0.2) is 43.6 Å². The molecule has 0 spiro atoms. The Balaban J connectivity index is 2.26. The summed E-state index contributed by atoms with van der Waals surface area (Å²) in [5, 5.41) is 2.84. The second kappa shape index (κ2) is 4.44. The summed E-state index contributed by atoms with van der Waals surface area (Å²) < 4.78 is 49.1. The van der Waals surface area contributed by atoms with Gasteiger partial charge in [0.25, 0.3) is 0 Å². The number of alkyl halides is 4. The van der Waals surface area contributed by atoms with Crippen molar-refractivity contribution in [3.05, 3.63) is 0 Å². The first-order chi connectivity index (χ1) is 6.41. The van der Waals surface area contributed by atoms with Crippen LogP contribution in [0.2, 0.25) is 0 Å². The molecule has 1 rings (SSSR count). The fraction of sp³-hybridized carbons (Fsp3) is 1.00. The number of hydrogen-bond donors (Lipinski definition) is 1. The summed E-state index contributed by atoms with van der Waals surface area (Å²) in [7, 11) is 0.974. The van der Waals surface area contributed by atoms with Crippen molar-refractivity contribution in [1.29, 1.82) is 0 Å². The first-order valence-corrected chi connectivity index (χ1v) is 4.56. The molecule has 0 aromatic heterocycles. The zero-order valence-electron chi connectivity index (χ0n) is 7.94. The Morgan fingerprint density at radius 3 is 2.50 bits per heavy atom. The van der Waals surface area contributed by atoms with Crippen LogP contribution < -0.4 is 5.32 Å². The molecule has 1 N–H and O–H groups in total. The molecule has 6 heteroatoms. The average molecular weight is 214 g/mol. The van der Waals surface area contributed by atoms with Crippen molar-refractivity contribution < 1.29 is 17.6 Å². The number of nitrogens with zero attached hydrogens (tertiary/aromatic N) is 1. The van der Waals surface area contributed by atoms with Crippen LogP contribution in [0, 0.1) is 0 Å². The van der Waals surface area contributed by atoms with Crippen molar-refractivity contribution in [2.45, 2.75) is 31.4 Å². The van der Waals surface area contributed by atoms with E-state index in [2.05, 4.69) is 5.32 Å². The van der Waals surface area contributed by atoms with Crippen LogP contribution in [-0.2, 0) is 0 Å². The monoisotopic (exact) mass is 214 g/mol. The van der Waals surface area contributed by atoms with Crippen LogP contribution >= 0.6 is 0 Å². The smallest absolute Gasteiger partial charge is 0.311 e. The van der Waals surface area contributed by atoms with Crippen molar-refractivity contribution in [2.75, 3.05) is 20.1 Å². The molecule has 0 amide bonds. The van der Waals surface area contributed by atoms with Gasteiger partial charge in [-0.1, -0.05) is 0 Å². The lowest BCUT2D eigenvalue weighted by molar-refractivity contribution is -0.237. The topological polar surface area (TPSA) is 15.3 Å². The molecular weight excluding hydrogens is 200 g/mol. The van der Waals surface area contributed by atoms with E-state index in [0.717, 1.165) is 7.05 Å². The summed E-state index contributed by atoms with van der Waals surface area (Å²) in [6.45, 7) is 0.392. The van der Waals surface area contributed by atoms with E-state index in [0.29, 0.717) is 13.0 Å². The van der Waals surface area contributed by atoms with Crippen LogP contribution in [0.4, 0.5) is 17.6 Å². The molecule has 2 atom stereocenters. The Labute approximate surface area is 80.3 Å². The molecule has 1 aliphatic rings. The fourth-order valence-corrected chi connectivity index (χ4v) is 1.48. The molecule has 2 unspecified atom stereocenters.